The van der Waals surface area contributed by atoms with E-state index < -0.39 is 0 Å². The molecule has 0 spiro atoms. The second kappa shape index (κ2) is 3.75. The van der Waals surface area contributed by atoms with Crippen LogP contribution in [0.5, 0.6) is 0 Å². The maximum absolute atomic E-state index is 6.33. The zero-order valence-corrected chi connectivity index (χ0v) is 9.62. The van der Waals surface area contributed by atoms with E-state index in [1.807, 2.05) is 6.07 Å². The van der Waals surface area contributed by atoms with Crippen molar-refractivity contribution in [1.82, 2.24) is 10.2 Å². The largest absolute Gasteiger partial charge is 0.281 e. The van der Waals surface area contributed by atoms with Crippen molar-refractivity contribution in [2.75, 3.05) is 0 Å². The second-order valence-corrected chi connectivity index (χ2v) is 5.14. The summed E-state index contributed by atoms with van der Waals surface area (Å²) in [7, 11) is 0. The topological polar surface area (TPSA) is 28.7 Å². The van der Waals surface area contributed by atoms with Crippen molar-refractivity contribution in [3.8, 4) is 0 Å². The minimum atomic E-state index is -0.109. The number of nitrogens with one attached hydrogen (secondary N) is 1. The van der Waals surface area contributed by atoms with Gasteiger partial charge in [0.05, 0.1) is 5.69 Å². The zero-order valence-electron chi connectivity index (χ0n) is 8.04. The molecule has 1 unspecified atom stereocenters. The van der Waals surface area contributed by atoms with Crippen LogP contribution in [0.25, 0.3) is 0 Å². The lowest BCUT2D eigenvalue weighted by molar-refractivity contribution is 0.975. The molecule has 2 aromatic heterocycles. The Bertz CT molecular complexity index is 419. The molecule has 1 N–H and O–H groups in total. The number of thiophene rings is 1. The molecule has 2 rings (SSSR count). The number of hydrogen-bond acceptors (Lipinski definition) is 2. The van der Waals surface area contributed by atoms with Crippen LogP contribution in [0.15, 0.2) is 18.3 Å². The van der Waals surface area contributed by atoms with Gasteiger partial charge in [-0.1, -0.05) is 0 Å². The standard InChI is InChI=1S/C10H11ClN2S/c1-6-5-8(7(2)14-6)10(11)9-3-4-12-13-9/h3-5,10H,1-2H3,(H,12,13). The Labute approximate surface area is 91.9 Å². The Balaban J connectivity index is 2.36. The molecule has 2 nitrogen and oxygen atoms in total. The maximum Gasteiger partial charge on any atom is 0.101 e. The van der Waals surface area contributed by atoms with E-state index in [0.717, 1.165) is 5.69 Å². The Hall–Kier alpha value is -0.800. The molecule has 1 atom stereocenters. The van der Waals surface area contributed by atoms with Crippen LogP contribution in [0, 0.1) is 13.8 Å². The molecule has 0 saturated heterocycles. The average molecular weight is 227 g/mol. The summed E-state index contributed by atoms with van der Waals surface area (Å²) in [6.45, 7) is 4.19. The van der Waals surface area contributed by atoms with Crippen LogP contribution in [0.3, 0.4) is 0 Å². The van der Waals surface area contributed by atoms with Crippen molar-refractivity contribution < 1.29 is 0 Å². The van der Waals surface area contributed by atoms with Crippen LogP contribution >= 0.6 is 22.9 Å². The quantitative estimate of drug-likeness (QED) is 0.782. The van der Waals surface area contributed by atoms with Gasteiger partial charge in [-0.3, -0.25) is 5.10 Å². The molecule has 0 aliphatic heterocycles. The van der Waals surface area contributed by atoms with Gasteiger partial charge in [-0.25, -0.2) is 0 Å². The third kappa shape index (κ3) is 1.70. The van der Waals surface area contributed by atoms with Gasteiger partial charge >= 0.3 is 0 Å². The van der Waals surface area contributed by atoms with Gasteiger partial charge in [0, 0.05) is 16.0 Å². The van der Waals surface area contributed by atoms with E-state index in [0.29, 0.717) is 0 Å². The van der Waals surface area contributed by atoms with Crippen LogP contribution in [0.2, 0.25) is 0 Å². The normalized spacial score (nSPS) is 13.1. The van der Waals surface area contributed by atoms with Crippen LogP contribution in [0.1, 0.15) is 26.4 Å². The van der Waals surface area contributed by atoms with Gasteiger partial charge in [-0.2, -0.15) is 5.10 Å². The summed E-state index contributed by atoms with van der Waals surface area (Å²) in [5.41, 5.74) is 2.13. The highest BCUT2D eigenvalue weighted by molar-refractivity contribution is 7.12. The van der Waals surface area contributed by atoms with Gasteiger partial charge < -0.3 is 0 Å². The lowest BCUT2D eigenvalue weighted by atomic mass is 10.1. The second-order valence-electron chi connectivity index (χ2n) is 3.24. The summed E-state index contributed by atoms with van der Waals surface area (Å²) in [4.78, 5) is 2.57. The molecule has 0 radical (unpaired) electrons. The monoisotopic (exact) mass is 226 g/mol. The number of H-pyrrole nitrogens is 1. The van der Waals surface area contributed by atoms with E-state index in [-0.39, 0.29) is 5.38 Å². The number of alkyl halides is 1. The van der Waals surface area contributed by atoms with Gasteiger partial charge in [-0.05, 0) is 31.5 Å². The fourth-order valence-corrected chi connectivity index (χ4v) is 2.85. The molecular weight excluding hydrogens is 216 g/mol. The highest BCUT2D eigenvalue weighted by Crippen LogP contribution is 2.33. The Morgan fingerprint density at radius 3 is 2.79 bits per heavy atom. The first kappa shape index (κ1) is 9.74. The molecule has 2 aromatic rings. The third-order valence-corrected chi connectivity index (χ3v) is 3.60. The van der Waals surface area contributed by atoms with Gasteiger partial charge in [0.1, 0.15) is 5.38 Å². The van der Waals surface area contributed by atoms with Gasteiger partial charge in [0.2, 0.25) is 0 Å². The van der Waals surface area contributed by atoms with Crippen molar-refractivity contribution in [3.63, 3.8) is 0 Å². The number of hydrogen-bond donors (Lipinski definition) is 1. The SMILES string of the molecule is Cc1cc(C(Cl)c2ccn[nH]2)c(C)s1. The molecule has 4 heteroatoms. The third-order valence-electron chi connectivity index (χ3n) is 2.15. The van der Waals surface area contributed by atoms with Crippen LogP contribution < -0.4 is 0 Å². The average Bonchev–Trinajstić information content (AvgIpc) is 2.73. The summed E-state index contributed by atoms with van der Waals surface area (Å²) >= 11 is 8.10. The van der Waals surface area contributed by atoms with E-state index in [1.54, 1.807) is 17.5 Å². The van der Waals surface area contributed by atoms with Crippen molar-refractivity contribution in [3.05, 3.63) is 39.3 Å². The smallest absolute Gasteiger partial charge is 0.101 e. The predicted octanol–water partition coefficient (Wildman–Crippen LogP) is 3.42. The molecule has 0 aromatic carbocycles. The molecule has 74 valence electrons. The molecule has 0 bridgehead atoms. The number of aromatic amines is 1. The molecule has 0 amide bonds. The summed E-state index contributed by atoms with van der Waals surface area (Å²) in [6, 6.07) is 4.04. The fourth-order valence-electron chi connectivity index (χ4n) is 1.48. The summed E-state index contributed by atoms with van der Waals surface area (Å²) in [6.07, 6.45) is 1.72. The lowest BCUT2D eigenvalue weighted by Crippen LogP contribution is -1.93. The first-order valence-corrected chi connectivity index (χ1v) is 5.64. The summed E-state index contributed by atoms with van der Waals surface area (Å²) in [5, 5.41) is 6.68. The molecule has 14 heavy (non-hydrogen) atoms. The fraction of sp³-hybridized carbons (Fsp3) is 0.300. The zero-order chi connectivity index (χ0) is 10.1. The molecule has 0 saturated carbocycles. The first-order chi connectivity index (χ1) is 6.68. The first-order valence-electron chi connectivity index (χ1n) is 4.38. The highest BCUT2D eigenvalue weighted by atomic mass is 35.5. The Morgan fingerprint density at radius 2 is 2.29 bits per heavy atom. The van der Waals surface area contributed by atoms with Gasteiger partial charge in [-0.15, -0.1) is 22.9 Å². The summed E-state index contributed by atoms with van der Waals surface area (Å²) in [5.74, 6) is 0. The van der Waals surface area contributed by atoms with Crippen molar-refractivity contribution in [1.29, 1.82) is 0 Å². The van der Waals surface area contributed by atoms with Crippen LogP contribution in [-0.4, -0.2) is 10.2 Å². The minimum absolute atomic E-state index is 0.109. The highest BCUT2D eigenvalue weighted by Gasteiger charge is 2.16. The van der Waals surface area contributed by atoms with E-state index in [9.17, 15) is 0 Å². The molecule has 0 aliphatic carbocycles. The van der Waals surface area contributed by atoms with Gasteiger partial charge in [0.15, 0.2) is 0 Å². The van der Waals surface area contributed by atoms with E-state index in [2.05, 4.69) is 30.1 Å². The number of nitrogens with zero attached hydrogens (tertiary/aromatic N) is 1. The number of rotatable bonds is 2. The number of aromatic nitrogens is 2. The maximum atomic E-state index is 6.33. The Kier molecular flexibility index (Phi) is 2.61. The summed E-state index contributed by atoms with van der Waals surface area (Å²) < 4.78 is 0. The predicted molar refractivity (Wildman–Crippen MR) is 60.1 cm³/mol. The van der Waals surface area contributed by atoms with Crippen molar-refractivity contribution in [2.45, 2.75) is 19.2 Å². The van der Waals surface area contributed by atoms with Gasteiger partial charge in [0.25, 0.3) is 0 Å². The van der Waals surface area contributed by atoms with E-state index in [1.165, 1.54) is 15.3 Å². The van der Waals surface area contributed by atoms with Crippen LogP contribution in [-0.2, 0) is 0 Å². The Morgan fingerprint density at radius 1 is 1.50 bits per heavy atom. The molecule has 0 fully saturated rings. The van der Waals surface area contributed by atoms with Crippen molar-refractivity contribution in [2.24, 2.45) is 0 Å². The molecule has 0 aliphatic rings. The number of halogens is 1. The molecular formula is C10H11ClN2S. The van der Waals surface area contributed by atoms with E-state index >= 15 is 0 Å². The minimum Gasteiger partial charge on any atom is -0.281 e. The molecule has 2 heterocycles. The van der Waals surface area contributed by atoms with Crippen LogP contribution in [0.4, 0.5) is 0 Å². The lowest BCUT2D eigenvalue weighted by Gasteiger charge is -2.05. The van der Waals surface area contributed by atoms with E-state index in [4.69, 9.17) is 11.6 Å². The van der Waals surface area contributed by atoms with Crippen molar-refractivity contribution >= 4 is 22.9 Å². The number of aryl methyl sites for hydroxylation is 2.